The lowest BCUT2D eigenvalue weighted by Gasteiger charge is -2.16. The van der Waals surface area contributed by atoms with Gasteiger partial charge in [0.2, 0.25) is 5.91 Å². The van der Waals surface area contributed by atoms with Gasteiger partial charge < -0.3 is 10.1 Å². The fourth-order valence-corrected chi connectivity index (χ4v) is 2.79. The van der Waals surface area contributed by atoms with Crippen molar-refractivity contribution in [2.24, 2.45) is 0 Å². The number of amides is 1. The Hall–Kier alpha value is -2.29. The fourth-order valence-electron chi connectivity index (χ4n) is 2.79. The number of benzene rings is 2. The van der Waals surface area contributed by atoms with E-state index in [1.807, 2.05) is 6.08 Å². The average Bonchev–Trinajstić information content (AvgIpc) is 2.54. The fraction of sp³-hybridized carbons (Fsp3) is 0.350. The highest BCUT2D eigenvalue weighted by Crippen LogP contribution is 2.32. The molecular formula is C20H25NO2. The topological polar surface area (TPSA) is 38.3 Å². The van der Waals surface area contributed by atoms with Crippen molar-refractivity contribution >= 4 is 16.7 Å². The van der Waals surface area contributed by atoms with Crippen LogP contribution >= 0.6 is 0 Å². The maximum absolute atomic E-state index is 11.1. The number of hydrogen-bond donors (Lipinski definition) is 1. The molecule has 3 heteroatoms. The van der Waals surface area contributed by atoms with Crippen molar-refractivity contribution in [1.29, 1.82) is 0 Å². The molecule has 3 nitrogen and oxygen atoms in total. The van der Waals surface area contributed by atoms with Gasteiger partial charge in [-0.05, 0) is 41.7 Å². The van der Waals surface area contributed by atoms with Gasteiger partial charge in [0.05, 0.1) is 6.61 Å². The number of carbonyl (C=O) groups is 1. The van der Waals surface area contributed by atoms with Crippen LogP contribution in [0, 0.1) is 0 Å². The number of rotatable bonds is 8. The Morgan fingerprint density at radius 3 is 2.83 bits per heavy atom. The van der Waals surface area contributed by atoms with Crippen LogP contribution in [0.4, 0.5) is 0 Å². The van der Waals surface area contributed by atoms with Crippen LogP contribution in [-0.4, -0.2) is 19.1 Å². The molecule has 2 rings (SSSR count). The summed E-state index contributed by atoms with van der Waals surface area (Å²) in [6.07, 6.45) is 4.47. The van der Waals surface area contributed by atoms with Crippen molar-refractivity contribution in [2.45, 2.75) is 33.1 Å². The number of fused-ring (bicyclic) bond motifs is 1. The zero-order chi connectivity index (χ0) is 16.7. The van der Waals surface area contributed by atoms with Gasteiger partial charge in [0, 0.05) is 19.0 Å². The molecule has 23 heavy (non-hydrogen) atoms. The third-order valence-electron chi connectivity index (χ3n) is 3.77. The van der Waals surface area contributed by atoms with E-state index in [4.69, 9.17) is 4.74 Å². The lowest BCUT2D eigenvalue weighted by molar-refractivity contribution is -0.118. The molecule has 0 aliphatic rings. The smallest absolute Gasteiger partial charge is 0.216 e. The zero-order valence-corrected chi connectivity index (χ0v) is 14.0. The van der Waals surface area contributed by atoms with Gasteiger partial charge in [0.1, 0.15) is 5.75 Å². The van der Waals surface area contributed by atoms with E-state index in [1.54, 1.807) is 6.92 Å². The SMILES string of the molecule is C=CCc1c(OCCC)ccc2cccc(CCNC(C)=O)c12. The summed E-state index contributed by atoms with van der Waals surface area (Å²) in [4.78, 5) is 11.1. The predicted molar refractivity (Wildman–Crippen MR) is 96.0 cm³/mol. The Bertz CT molecular complexity index is 691. The summed E-state index contributed by atoms with van der Waals surface area (Å²) in [7, 11) is 0. The second-order valence-electron chi connectivity index (χ2n) is 5.63. The van der Waals surface area contributed by atoms with Crippen LogP contribution in [0.2, 0.25) is 0 Å². The van der Waals surface area contributed by atoms with Crippen LogP contribution in [-0.2, 0) is 17.6 Å². The highest BCUT2D eigenvalue weighted by atomic mass is 16.5. The Labute approximate surface area is 138 Å². The number of allylic oxidation sites excluding steroid dienone is 1. The highest BCUT2D eigenvalue weighted by molar-refractivity contribution is 5.91. The lowest BCUT2D eigenvalue weighted by atomic mass is 9.95. The van der Waals surface area contributed by atoms with Crippen molar-refractivity contribution in [1.82, 2.24) is 5.32 Å². The van der Waals surface area contributed by atoms with E-state index >= 15 is 0 Å². The van der Waals surface area contributed by atoms with Gasteiger partial charge in [-0.1, -0.05) is 37.3 Å². The second kappa shape index (κ2) is 8.37. The summed E-state index contributed by atoms with van der Waals surface area (Å²) in [5.74, 6) is 0.940. The van der Waals surface area contributed by atoms with Gasteiger partial charge >= 0.3 is 0 Å². The summed E-state index contributed by atoms with van der Waals surface area (Å²) < 4.78 is 5.93. The largest absolute Gasteiger partial charge is 0.493 e. The van der Waals surface area contributed by atoms with Crippen LogP contribution in [0.1, 0.15) is 31.4 Å². The summed E-state index contributed by atoms with van der Waals surface area (Å²) in [6.45, 7) is 8.89. The van der Waals surface area contributed by atoms with Gasteiger partial charge in [-0.25, -0.2) is 0 Å². The van der Waals surface area contributed by atoms with E-state index in [0.717, 1.165) is 25.0 Å². The van der Waals surface area contributed by atoms with E-state index in [9.17, 15) is 4.79 Å². The third-order valence-corrected chi connectivity index (χ3v) is 3.77. The quantitative estimate of drug-likeness (QED) is 0.747. The Kier molecular flexibility index (Phi) is 6.21. The molecule has 0 fully saturated rings. The molecule has 0 radical (unpaired) electrons. The van der Waals surface area contributed by atoms with Crippen LogP contribution in [0.15, 0.2) is 43.0 Å². The normalized spacial score (nSPS) is 10.5. The van der Waals surface area contributed by atoms with Crippen LogP contribution in [0.5, 0.6) is 5.75 Å². The van der Waals surface area contributed by atoms with Crippen molar-refractivity contribution in [3.8, 4) is 5.75 Å². The molecule has 0 saturated heterocycles. The molecule has 2 aromatic carbocycles. The maximum Gasteiger partial charge on any atom is 0.216 e. The van der Waals surface area contributed by atoms with Gasteiger partial charge in [-0.15, -0.1) is 6.58 Å². The molecule has 1 N–H and O–H groups in total. The van der Waals surface area contributed by atoms with Crippen LogP contribution < -0.4 is 10.1 Å². The highest BCUT2D eigenvalue weighted by Gasteiger charge is 2.11. The second-order valence-corrected chi connectivity index (χ2v) is 5.63. The van der Waals surface area contributed by atoms with Crippen LogP contribution in [0.3, 0.4) is 0 Å². The molecule has 2 aromatic rings. The first-order valence-corrected chi connectivity index (χ1v) is 8.19. The molecule has 0 heterocycles. The van der Waals surface area contributed by atoms with Gasteiger partial charge in [0.25, 0.3) is 0 Å². The molecule has 0 unspecified atom stereocenters. The first-order valence-electron chi connectivity index (χ1n) is 8.19. The molecular weight excluding hydrogens is 286 g/mol. The average molecular weight is 311 g/mol. The summed E-state index contributed by atoms with van der Waals surface area (Å²) in [5, 5.41) is 5.30. The molecule has 1 amide bonds. The molecule has 0 saturated carbocycles. The molecule has 122 valence electrons. The molecule has 0 aromatic heterocycles. The summed E-state index contributed by atoms with van der Waals surface area (Å²) in [5.41, 5.74) is 2.42. The Morgan fingerprint density at radius 2 is 2.13 bits per heavy atom. The number of hydrogen-bond acceptors (Lipinski definition) is 2. The molecule has 0 aliphatic carbocycles. The minimum Gasteiger partial charge on any atom is -0.493 e. The monoisotopic (exact) mass is 311 g/mol. The van der Waals surface area contributed by atoms with Crippen LogP contribution in [0.25, 0.3) is 10.8 Å². The molecule has 0 bridgehead atoms. The molecule has 0 atom stereocenters. The van der Waals surface area contributed by atoms with E-state index in [0.29, 0.717) is 13.2 Å². The number of carbonyl (C=O) groups excluding carboxylic acids is 1. The van der Waals surface area contributed by atoms with Crippen molar-refractivity contribution in [3.63, 3.8) is 0 Å². The van der Waals surface area contributed by atoms with E-state index in [-0.39, 0.29) is 5.91 Å². The van der Waals surface area contributed by atoms with Gasteiger partial charge in [0.15, 0.2) is 0 Å². The zero-order valence-electron chi connectivity index (χ0n) is 14.0. The minimum atomic E-state index is 0.00326. The van der Waals surface area contributed by atoms with Gasteiger partial charge in [-0.2, -0.15) is 0 Å². The van der Waals surface area contributed by atoms with Crippen molar-refractivity contribution in [2.75, 3.05) is 13.2 Å². The minimum absolute atomic E-state index is 0.00326. The number of ether oxygens (including phenoxy) is 1. The first kappa shape index (κ1) is 17.1. The summed E-state index contributed by atoms with van der Waals surface area (Å²) in [6, 6.07) is 10.5. The van der Waals surface area contributed by atoms with E-state index in [2.05, 4.69) is 49.2 Å². The Balaban J connectivity index is 2.45. The number of nitrogens with one attached hydrogen (secondary N) is 1. The molecule has 0 aliphatic heterocycles. The third kappa shape index (κ3) is 4.35. The summed E-state index contributed by atoms with van der Waals surface area (Å²) >= 11 is 0. The van der Waals surface area contributed by atoms with Crippen molar-refractivity contribution < 1.29 is 9.53 Å². The predicted octanol–water partition coefficient (Wildman–Crippen LogP) is 4.04. The maximum atomic E-state index is 11.1. The van der Waals surface area contributed by atoms with E-state index < -0.39 is 0 Å². The van der Waals surface area contributed by atoms with Gasteiger partial charge in [-0.3, -0.25) is 4.79 Å². The lowest BCUT2D eigenvalue weighted by Crippen LogP contribution is -2.22. The molecule has 0 spiro atoms. The first-order chi connectivity index (χ1) is 11.2. The van der Waals surface area contributed by atoms with E-state index in [1.165, 1.54) is 21.9 Å². The van der Waals surface area contributed by atoms with Crippen molar-refractivity contribution in [3.05, 3.63) is 54.1 Å². The Morgan fingerprint density at radius 1 is 1.30 bits per heavy atom. The standard InChI is InChI=1S/C20H25NO2/c1-4-7-18-19(23-14-5-2)11-10-16-8-6-9-17(20(16)18)12-13-21-15(3)22/h4,6,8-11H,1,5,7,12-14H2,2-3H3,(H,21,22).